The minimum absolute atomic E-state index is 0.0100. The first-order valence-electron chi connectivity index (χ1n) is 3.77. The van der Waals surface area contributed by atoms with Crippen LogP contribution >= 0.6 is 0 Å². The van der Waals surface area contributed by atoms with Crippen LogP contribution in [0.4, 0.5) is 0 Å². The molecule has 1 aliphatic heterocycles. The third kappa shape index (κ3) is 1.78. The van der Waals surface area contributed by atoms with E-state index < -0.39 is 0 Å². The number of carbonyl (C=O) groups excluding carboxylic acids is 1. The molecule has 2 atom stereocenters. The Morgan fingerprint density at radius 3 is 3.00 bits per heavy atom. The Bertz CT molecular complexity index is 195. The molecule has 3 nitrogen and oxygen atoms in total. The highest BCUT2D eigenvalue weighted by Gasteiger charge is 2.29. The largest absolute Gasteiger partial charge is 0.378 e. The van der Waals surface area contributed by atoms with E-state index in [9.17, 15) is 4.79 Å². The van der Waals surface area contributed by atoms with Gasteiger partial charge in [-0.1, -0.05) is 0 Å². The number of ketones is 1. The maximum Gasteiger partial charge on any atom is 0.152 e. The van der Waals surface area contributed by atoms with Crippen molar-refractivity contribution in [1.29, 1.82) is 5.26 Å². The van der Waals surface area contributed by atoms with Crippen molar-refractivity contribution in [2.75, 3.05) is 6.61 Å². The molecule has 0 N–H and O–H groups in total. The second kappa shape index (κ2) is 3.49. The lowest BCUT2D eigenvalue weighted by Crippen LogP contribution is -2.20. The summed E-state index contributed by atoms with van der Waals surface area (Å²) in [5, 5.41) is 8.27. The standard InChI is InChI=1S/C8H11NO2/c1-6-7(3-5-11-6)8(10)2-4-9/h6-7H,2-3,5H2,1H3. The first-order valence-corrected chi connectivity index (χ1v) is 3.77. The number of rotatable bonds is 2. The highest BCUT2D eigenvalue weighted by Crippen LogP contribution is 2.21. The summed E-state index contributed by atoms with van der Waals surface area (Å²) >= 11 is 0. The van der Waals surface area contributed by atoms with Crippen molar-refractivity contribution in [3.63, 3.8) is 0 Å². The fraction of sp³-hybridized carbons (Fsp3) is 0.750. The maximum atomic E-state index is 11.2. The minimum atomic E-state index is -0.0327. The van der Waals surface area contributed by atoms with Gasteiger partial charge in [-0.05, 0) is 13.3 Å². The summed E-state index contributed by atoms with van der Waals surface area (Å²) in [5.74, 6) is -0.00727. The van der Waals surface area contributed by atoms with Crippen molar-refractivity contribution >= 4 is 5.78 Å². The van der Waals surface area contributed by atoms with E-state index >= 15 is 0 Å². The molecule has 0 aromatic carbocycles. The molecule has 11 heavy (non-hydrogen) atoms. The lowest BCUT2D eigenvalue weighted by Gasteiger charge is -2.09. The van der Waals surface area contributed by atoms with Gasteiger partial charge < -0.3 is 4.74 Å². The fourth-order valence-electron chi connectivity index (χ4n) is 1.36. The summed E-state index contributed by atoms with van der Waals surface area (Å²) in [6.45, 7) is 2.54. The highest BCUT2D eigenvalue weighted by molar-refractivity contribution is 5.83. The molecule has 60 valence electrons. The van der Waals surface area contributed by atoms with Crippen LogP contribution in [-0.4, -0.2) is 18.5 Å². The van der Waals surface area contributed by atoms with Crippen molar-refractivity contribution < 1.29 is 9.53 Å². The van der Waals surface area contributed by atoms with Gasteiger partial charge in [-0.15, -0.1) is 0 Å². The average molecular weight is 153 g/mol. The van der Waals surface area contributed by atoms with Crippen LogP contribution in [0, 0.1) is 17.2 Å². The molecule has 0 aliphatic carbocycles. The van der Waals surface area contributed by atoms with Gasteiger partial charge in [0.1, 0.15) is 0 Å². The summed E-state index contributed by atoms with van der Waals surface area (Å²) in [7, 11) is 0. The zero-order valence-electron chi connectivity index (χ0n) is 6.54. The summed E-state index contributed by atoms with van der Waals surface area (Å²) in [6.07, 6.45) is 0.816. The first-order chi connectivity index (χ1) is 5.25. The van der Waals surface area contributed by atoms with Crippen LogP contribution in [0.5, 0.6) is 0 Å². The Morgan fingerprint density at radius 1 is 1.82 bits per heavy atom. The van der Waals surface area contributed by atoms with E-state index in [0.29, 0.717) is 6.61 Å². The topological polar surface area (TPSA) is 50.1 Å². The van der Waals surface area contributed by atoms with Crippen LogP contribution in [0.2, 0.25) is 0 Å². The SMILES string of the molecule is CC1OCCC1C(=O)CC#N. The smallest absolute Gasteiger partial charge is 0.152 e. The molecule has 1 heterocycles. The van der Waals surface area contributed by atoms with Crippen LogP contribution in [0.15, 0.2) is 0 Å². The van der Waals surface area contributed by atoms with Gasteiger partial charge in [0.2, 0.25) is 0 Å². The van der Waals surface area contributed by atoms with E-state index in [4.69, 9.17) is 10.00 Å². The van der Waals surface area contributed by atoms with E-state index in [2.05, 4.69) is 0 Å². The monoisotopic (exact) mass is 153 g/mol. The molecule has 3 heteroatoms. The van der Waals surface area contributed by atoms with E-state index in [0.717, 1.165) is 6.42 Å². The van der Waals surface area contributed by atoms with E-state index in [1.807, 2.05) is 13.0 Å². The molecule has 0 aromatic rings. The van der Waals surface area contributed by atoms with Crippen LogP contribution in [0.3, 0.4) is 0 Å². The van der Waals surface area contributed by atoms with Crippen molar-refractivity contribution in [3.05, 3.63) is 0 Å². The number of carbonyl (C=O) groups is 1. The van der Waals surface area contributed by atoms with Crippen molar-refractivity contribution in [1.82, 2.24) is 0 Å². The van der Waals surface area contributed by atoms with Crippen molar-refractivity contribution in [2.24, 2.45) is 5.92 Å². The zero-order chi connectivity index (χ0) is 8.27. The molecule has 0 radical (unpaired) electrons. The highest BCUT2D eigenvalue weighted by atomic mass is 16.5. The van der Waals surface area contributed by atoms with Gasteiger partial charge in [-0.25, -0.2) is 0 Å². The molecular weight excluding hydrogens is 142 g/mol. The van der Waals surface area contributed by atoms with Gasteiger partial charge in [0.25, 0.3) is 0 Å². The molecule has 0 aromatic heterocycles. The average Bonchev–Trinajstić information content (AvgIpc) is 2.36. The summed E-state index contributed by atoms with van der Waals surface area (Å²) in [6, 6.07) is 1.86. The third-order valence-corrected chi connectivity index (χ3v) is 2.04. The van der Waals surface area contributed by atoms with Gasteiger partial charge in [0.15, 0.2) is 5.78 Å². The van der Waals surface area contributed by atoms with Crippen molar-refractivity contribution in [3.8, 4) is 6.07 Å². The molecule has 0 amide bonds. The number of ether oxygens (including phenoxy) is 1. The molecule has 1 saturated heterocycles. The van der Waals surface area contributed by atoms with Gasteiger partial charge in [0.05, 0.1) is 18.6 Å². The molecule has 0 saturated carbocycles. The van der Waals surface area contributed by atoms with Crippen molar-refractivity contribution in [2.45, 2.75) is 25.9 Å². The van der Waals surface area contributed by atoms with Gasteiger partial charge in [0, 0.05) is 12.5 Å². The number of hydrogen-bond acceptors (Lipinski definition) is 3. The molecule has 2 unspecified atom stereocenters. The summed E-state index contributed by atoms with van der Waals surface area (Å²) in [4.78, 5) is 11.2. The zero-order valence-corrected chi connectivity index (χ0v) is 6.54. The summed E-state index contributed by atoms with van der Waals surface area (Å²) < 4.78 is 5.20. The molecule has 1 rings (SSSR count). The van der Waals surface area contributed by atoms with Crippen LogP contribution in [0.1, 0.15) is 19.8 Å². The predicted octanol–water partition coefficient (Wildman–Crippen LogP) is 0.894. The molecule has 1 fully saturated rings. The first kappa shape index (κ1) is 8.22. The Balaban J connectivity index is 2.47. The number of Topliss-reactive ketones (excluding diaryl/α,β-unsaturated/α-hetero) is 1. The predicted molar refractivity (Wildman–Crippen MR) is 38.8 cm³/mol. The Hall–Kier alpha value is -0.880. The van der Waals surface area contributed by atoms with Gasteiger partial charge in [-0.3, -0.25) is 4.79 Å². The Morgan fingerprint density at radius 2 is 2.55 bits per heavy atom. The normalized spacial score (nSPS) is 29.8. The lowest BCUT2D eigenvalue weighted by atomic mass is 9.96. The van der Waals surface area contributed by atoms with Gasteiger partial charge >= 0.3 is 0 Å². The maximum absolute atomic E-state index is 11.2. The Labute approximate surface area is 66.0 Å². The van der Waals surface area contributed by atoms with E-state index in [-0.39, 0.29) is 24.2 Å². The van der Waals surface area contributed by atoms with Gasteiger partial charge in [-0.2, -0.15) is 5.26 Å². The van der Waals surface area contributed by atoms with Crippen LogP contribution < -0.4 is 0 Å². The second-order valence-corrected chi connectivity index (χ2v) is 2.77. The molecule has 0 spiro atoms. The van der Waals surface area contributed by atoms with E-state index in [1.54, 1.807) is 0 Å². The quantitative estimate of drug-likeness (QED) is 0.592. The summed E-state index contributed by atoms with van der Waals surface area (Å²) in [5.41, 5.74) is 0. The fourth-order valence-corrected chi connectivity index (χ4v) is 1.36. The molecule has 1 aliphatic rings. The number of nitriles is 1. The second-order valence-electron chi connectivity index (χ2n) is 2.77. The van der Waals surface area contributed by atoms with Crippen LogP contribution in [0.25, 0.3) is 0 Å². The number of nitrogens with zero attached hydrogens (tertiary/aromatic N) is 1. The minimum Gasteiger partial charge on any atom is -0.378 e. The lowest BCUT2D eigenvalue weighted by molar-refractivity contribution is -0.123. The molecular formula is C8H11NO2. The van der Waals surface area contributed by atoms with E-state index in [1.165, 1.54) is 0 Å². The Kier molecular flexibility index (Phi) is 2.61. The van der Waals surface area contributed by atoms with Crippen LogP contribution in [-0.2, 0) is 9.53 Å². The number of hydrogen-bond donors (Lipinski definition) is 0. The molecule has 0 bridgehead atoms. The third-order valence-electron chi connectivity index (χ3n) is 2.04.